The zero-order valence-electron chi connectivity index (χ0n) is 13.2. The van der Waals surface area contributed by atoms with Gasteiger partial charge >= 0.3 is 0 Å². The lowest BCUT2D eigenvalue weighted by molar-refractivity contribution is -0.116. The zero-order valence-corrected chi connectivity index (χ0v) is 13.2. The van der Waals surface area contributed by atoms with Crippen molar-refractivity contribution in [3.05, 3.63) is 71.8 Å². The van der Waals surface area contributed by atoms with E-state index in [1.165, 1.54) is 6.07 Å². The highest BCUT2D eigenvalue weighted by atomic mass is 19.1. The molecule has 3 aromatic rings. The molecule has 1 aromatic heterocycles. The van der Waals surface area contributed by atoms with Crippen LogP contribution in [0.25, 0.3) is 11.3 Å². The summed E-state index contributed by atoms with van der Waals surface area (Å²) >= 11 is 0. The molecular weight excluding hydrogens is 352 g/mol. The molecule has 26 heavy (non-hydrogen) atoms. The van der Waals surface area contributed by atoms with Crippen LogP contribution in [0.15, 0.2) is 47.0 Å². The molecule has 0 fully saturated rings. The van der Waals surface area contributed by atoms with Gasteiger partial charge < -0.3 is 9.73 Å². The molecule has 1 N–H and O–H groups in total. The molecule has 0 aliphatic rings. The molecule has 2 aromatic carbocycles. The number of nitrogens with zero attached hydrogens (tertiary/aromatic N) is 1. The minimum atomic E-state index is -0.815. The highest BCUT2D eigenvalue weighted by molar-refractivity contribution is 5.90. The number of carbonyl (C=O) groups is 1. The molecule has 0 aliphatic heterocycles. The minimum Gasteiger partial charge on any atom is -0.441 e. The van der Waals surface area contributed by atoms with Crippen molar-refractivity contribution in [1.29, 1.82) is 0 Å². The summed E-state index contributed by atoms with van der Waals surface area (Å²) in [6.45, 7) is 0. The van der Waals surface area contributed by atoms with Gasteiger partial charge in [-0.15, -0.1) is 0 Å². The molecule has 134 valence electrons. The van der Waals surface area contributed by atoms with Gasteiger partial charge in [0.25, 0.3) is 0 Å². The number of aromatic nitrogens is 1. The molecule has 0 radical (unpaired) electrons. The Balaban J connectivity index is 1.64. The lowest BCUT2D eigenvalue weighted by atomic mass is 10.1. The molecule has 0 spiro atoms. The van der Waals surface area contributed by atoms with Gasteiger partial charge in [-0.2, -0.15) is 0 Å². The first-order valence-corrected chi connectivity index (χ1v) is 7.57. The summed E-state index contributed by atoms with van der Waals surface area (Å²) in [5.74, 6) is -3.73. The van der Waals surface area contributed by atoms with Gasteiger partial charge in [-0.25, -0.2) is 22.5 Å². The molecule has 0 saturated carbocycles. The first kappa shape index (κ1) is 17.7. The van der Waals surface area contributed by atoms with Crippen molar-refractivity contribution in [2.24, 2.45) is 0 Å². The molecule has 8 heteroatoms. The van der Waals surface area contributed by atoms with E-state index in [1.807, 2.05) is 0 Å². The lowest BCUT2D eigenvalue weighted by Gasteiger charge is -2.04. The highest BCUT2D eigenvalue weighted by Crippen LogP contribution is 2.26. The van der Waals surface area contributed by atoms with Gasteiger partial charge in [0.05, 0.1) is 11.8 Å². The molecule has 3 rings (SSSR count). The largest absolute Gasteiger partial charge is 0.441 e. The number of carbonyl (C=O) groups excluding carboxylic acids is 1. The molecule has 0 atom stereocenters. The number of benzene rings is 2. The second-order valence-electron chi connectivity index (χ2n) is 5.42. The van der Waals surface area contributed by atoms with E-state index in [0.29, 0.717) is 6.07 Å². The molecule has 4 nitrogen and oxygen atoms in total. The van der Waals surface area contributed by atoms with Crippen LogP contribution in [-0.2, 0) is 11.2 Å². The van der Waals surface area contributed by atoms with E-state index < -0.39 is 29.2 Å². The summed E-state index contributed by atoms with van der Waals surface area (Å²) < 4.78 is 58.9. The van der Waals surface area contributed by atoms with Crippen molar-refractivity contribution in [3.63, 3.8) is 0 Å². The van der Waals surface area contributed by atoms with Crippen LogP contribution >= 0.6 is 0 Å². The first-order chi connectivity index (χ1) is 12.4. The summed E-state index contributed by atoms with van der Waals surface area (Å²) in [7, 11) is 0. The van der Waals surface area contributed by atoms with Crippen LogP contribution in [0.5, 0.6) is 0 Å². The Kier molecular flexibility index (Phi) is 5.01. The highest BCUT2D eigenvalue weighted by Gasteiger charge is 2.16. The number of nitrogens with one attached hydrogen (secondary N) is 1. The van der Waals surface area contributed by atoms with Gasteiger partial charge in [-0.05, 0) is 24.3 Å². The Labute approximate surface area is 145 Å². The van der Waals surface area contributed by atoms with Crippen molar-refractivity contribution in [1.82, 2.24) is 4.98 Å². The number of aryl methyl sites for hydroxylation is 1. The zero-order chi connectivity index (χ0) is 18.7. The Morgan fingerprint density at radius 2 is 1.69 bits per heavy atom. The van der Waals surface area contributed by atoms with Crippen molar-refractivity contribution < 1.29 is 26.8 Å². The number of hydrogen-bond acceptors (Lipinski definition) is 3. The summed E-state index contributed by atoms with van der Waals surface area (Å²) in [6, 6.07) is 6.05. The predicted molar refractivity (Wildman–Crippen MR) is 85.2 cm³/mol. The summed E-state index contributed by atoms with van der Waals surface area (Å²) in [4.78, 5) is 15.7. The van der Waals surface area contributed by atoms with Crippen LogP contribution in [0.2, 0.25) is 0 Å². The maximum atomic E-state index is 13.7. The van der Waals surface area contributed by atoms with Crippen molar-refractivity contribution in [2.75, 3.05) is 5.32 Å². The summed E-state index contributed by atoms with van der Waals surface area (Å²) in [5.41, 5.74) is -0.361. The fraction of sp³-hybridized carbons (Fsp3) is 0.111. The van der Waals surface area contributed by atoms with Crippen molar-refractivity contribution in [3.8, 4) is 11.3 Å². The van der Waals surface area contributed by atoms with E-state index in [4.69, 9.17) is 4.42 Å². The number of oxazole rings is 1. The van der Waals surface area contributed by atoms with E-state index in [1.54, 1.807) is 0 Å². The smallest absolute Gasteiger partial charge is 0.224 e. The summed E-state index contributed by atoms with van der Waals surface area (Å²) in [5, 5.41) is 2.34. The van der Waals surface area contributed by atoms with Crippen LogP contribution in [-0.4, -0.2) is 10.9 Å². The molecule has 0 bridgehead atoms. The third-order valence-corrected chi connectivity index (χ3v) is 3.47. The van der Waals surface area contributed by atoms with E-state index in [0.717, 1.165) is 30.5 Å². The van der Waals surface area contributed by atoms with Gasteiger partial charge in [-0.3, -0.25) is 4.79 Å². The minimum absolute atomic E-state index is 0.0194. The quantitative estimate of drug-likeness (QED) is 0.680. The molecule has 1 amide bonds. The van der Waals surface area contributed by atoms with E-state index >= 15 is 0 Å². The normalized spacial score (nSPS) is 10.8. The van der Waals surface area contributed by atoms with Crippen LogP contribution < -0.4 is 5.32 Å². The first-order valence-electron chi connectivity index (χ1n) is 7.57. The maximum Gasteiger partial charge on any atom is 0.224 e. The Hall–Kier alpha value is -3.16. The van der Waals surface area contributed by atoms with Gasteiger partial charge in [0.1, 0.15) is 23.3 Å². The Morgan fingerprint density at radius 3 is 2.35 bits per heavy atom. The number of halogens is 4. The number of amides is 1. The van der Waals surface area contributed by atoms with Gasteiger partial charge in [-0.1, -0.05) is 6.07 Å². The van der Waals surface area contributed by atoms with Gasteiger partial charge in [0, 0.05) is 24.6 Å². The van der Waals surface area contributed by atoms with Crippen LogP contribution in [0.1, 0.15) is 12.3 Å². The topological polar surface area (TPSA) is 55.1 Å². The number of hydrogen-bond donors (Lipinski definition) is 1. The maximum absolute atomic E-state index is 13.7. The Bertz CT molecular complexity index is 916. The van der Waals surface area contributed by atoms with E-state index in [-0.39, 0.29) is 35.7 Å². The number of rotatable bonds is 5. The third kappa shape index (κ3) is 4.08. The fourth-order valence-corrected chi connectivity index (χ4v) is 2.34. The van der Waals surface area contributed by atoms with Crippen LogP contribution in [0, 0.1) is 23.3 Å². The number of anilines is 1. The lowest BCUT2D eigenvalue weighted by Crippen LogP contribution is -2.12. The molecule has 0 unspecified atom stereocenters. The molecule has 0 saturated heterocycles. The molecule has 0 aliphatic carbocycles. The SMILES string of the molecule is O=C(CCc1ncc(-c2c(F)cccc2F)o1)Nc1cc(F)cc(F)c1. The van der Waals surface area contributed by atoms with Gasteiger partial charge in [0.15, 0.2) is 11.7 Å². The molecule has 1 heterocycles. The molecular formula is C18H12F4N2O2. The Morgan fingerprint density at radius 1 is 1.04 bits per heavy atom. The summed E-state index contributed by atoms with van der Waals surface area (Å²) in [6.07, 6.45) is 1.11. The average molecular weight is 364 g/mol. The monoisotopic (exact) mass is 364 g/mol. The standard InChI is InChI=1S/C18H12F4N2O2/c19-10-6-11(20)8-12(7-10)24-16(25)4-5-17-23-9-15(26-17)18-13(21)2-1-3-14(18)22/h1-3,6-9H,4-5H2,(H,24,25). The second kappa shape index (κ2) is 7.38. The fourth-order valence-electron chi connectivity index (χ4n) is 2.34. The van der Waals surface area contributed by atoms with Crippen LogP contribution in [0.3, 0.4) is 0 Å². The third-order valence-electron chi connectivity index (χ3n) is 3.47. The van der Waals surface area contributed by atoms with Crippen LogP contribution in [0.4, 0.5) is 23.2 Å². The van der Waals surface area contributed by atoms with E-state index in [9.17, 15) is 22.4 Å². The van der Waals surface area contributed by atoms with E-state index in [2.05, 4.69) is 10.3 Å². The van der Waals surface area contributed by atoms with Crippen molar-refractivity contribution in [2.45, 2.75) is 12.8 Å². The van der Waals surface area contributed by atoms with Crippen molar-refractivity contribution >= 4 is 11.6 Å². The second-order valence-corrected chi connectivity index (χ2v) is 5.42. The predicted octanol–water partition coefficient (Wildman–Crippen LogP) is 4.47. The average Bonchev–Trinajstić information content (AvgIpc) is 3.00. The van der Waals surface area contributed by atoms with Gasteiger partial charge in [0.2, 0.25) is 5.91 Å².